The number of rotatable bonds is 4. The monoisotopic (exact) mass is 267 g/mol. The molecule has 100 valence electrons. The number of alkyl halides is 2. The number of nitrogens with zero attached hydrogens (tertiary/aromatic N) is 1. The summed E-state index contributed by atoms with van der Waals surface area (Å²) in [5, 5.41) is 0.501. The minimum atomic E-state index is -2.55. The Labute approximate surface area is 108 Å². The van der Waals surface area contributed by atoms with Gasteiger partial charge in [-0.3, -0.25) is 4.98 Å². The molecule has 0 spiro atoms. The lowest BCUT2D eigenvalue weighted by molar-refractivity contribution is 0.0602. The smallest absolute Gasteiger partial charge is 0.338 e. The minimum absolute atomic E-state index is 0.256. The van der Waals surface area contributed by atoms with Gasteiger partial charge in [0.2, 0.25) is 0 Å². The molecule has 1 aromatic carbocycles. The van der Waals surface area contributed by atoms with Gasteiger partial charge in [-0.1, -0.05) is 0 Å². The molecule has 19 heavy (non-hydrogen) atoms. The van der Waals surface area contributed by atoms with E-state index in [-0.39, 0.29) is 5.75 Å². The highest BCUT2D eigenvalue weighted by Gasteiger charge is 2.12. The normalized spacial score (nSPS) is 10.7. The number of methoxy groups -OCH3 is 1. The van der Waals surface area contributed by atoms with E-state index in [4.69, 9.17) is 4.74 Å². The van der Waals surface area contributed by atoms with Crippen molar-refractivity contribution >= 4 is 16.9 Å². The van der Waals surface area contributed by atoms with Crippen LogP contribution in [0.25, 0.3) is 10.9 Å². The van der Waals surface area contributed by atoms with Gasteiger partial charge in [-0.15, -0.1) is 0 Å². The van der Waals surface area contributed by atoms with Crippen LogP contribution in [0.2, 0.25) is 0 Å². The summed E-state index contributed by atoms with van der Waals surface area (Å²) in [7, 11) is 1.27. The Balaban J connectivity index is 2.41. The lowest BCUT2D eigenvalue weighted by Gasteiger charge is -2.08. The summed E-state index contributed by atoms with van der Waals surface area (Å²) < 4.78 is 33.7. The van der Waals surface area contributed by atoms with E-state index in [1.54, 1.807) is 6.07 Å². The van der Waals surface area contributed by atoms with Gasteiger partial charge < -0.3 is 9.47 Å². The largest absolute Gasteiger partial charge is 0.488 e. The minimum Gasteiger partial charge on any atom is -0.488 e. The summed E-state index contributed by atoms with van der Waals surface area (Å²) in [6.07, 6.45) is -1.07. The molecule has 0 bridgehead atoms. The molecule has 0 unspecified atom stereocenters. The summed E-state index contributed by atoms with van der Waals surface area (Å²) in [5.41, 5.74) is 0.877. The molecule has 0 radical (unpaired) electrons. The van der Waals surface area contributed by atoms with E-state index >= 15 is 0 Å². The van der Waals surface area contributed by atoms with Crippen molar-refractivity contribution in [2.45, 2.75) is 6.43 Å². The fourth-order valence-electron chi connectivity index (χ4n) is 1.66. The number of pyridine rings is 1. The molecule has 0 aliphatic rings. The lowest BCUT2D eigenvalue weighted by atomic mass is 10.1. The topological polar surface area (TPSA) is 48.4 Å². The predicted octanol–water partition coefficient (Wildman–Crippen LogP) is 2.67. The van der Waals surface area contributed by atoms with Gasteiger partial charge in [-0.25, -0.2) is 13.6 Å². The zero-order valence-electron chi connectivity index (χ0n) is 10.1. The molecule has 0 fully saturated rings. The molecule has 0 N–H and O–H groups in total. The van der Waals surface area contributed by atoms with Gasteiger partial charge in [0.1, 0.15) is 12.4 Å². The molecule has 1 heterocycles. The second-order valence-corrected chi connectivity index (χ2v) is 3.73. The van der Waals surface area contributed by atoms with Crippen molar-refractivity contribution in [3.05, 3.63) is 36.0 Å². The molecule has 4 nitrogen and oxygen atoms in total. The molecule has 0 saturated heterocycles. The fraction of sp³-hybridized carbons (Fsp3) is 0.231. The van der Waals surface area contributed by atoms with E-state index in [9.17, 15) is 13.6 Å². The third-order valence-corrected chi connectivity index (χ3v) is 2.49. The fourth-order valence-corrected chi connectivity index (χ4v) is 1.66. The second kappa shape index (κ2) is 5.60. The highest BCUT2D eigenvalue weighted by Crippen LogP contribution is 2.23. The maximum absolute atomic E-state index is 12.1. The van der Waals surface area contributed by atoms with E-state index in [0.29, 0.717) is 16.5 Å². The zero-order chi connectivity index (χ0) is 13.8. The Hall–Kier alpha value is -2.24. The molecule has 6 heteroatoms. The van der Waals surface area contributed by atoms with Crippen LogP contribution in [0.15, 0.2) is 30.5 Å². The van der Waals surface area contributed by atoms with E-state index in [0.717, 1.165) is 0 Å². The van der Waals surface area contributed by atoms with E-state index < -0.39 is 19.0 Å². The number of halogens is 2. The van der Waals surface area contributed by atoms with Crippen LogP contribution in [0.5, 0.6) is 5.75 Å². The Kier molecular flexibility index (Phi) is 3.89. The Morgan fingerprint density at radius 1 is 1.37 bits per heavy atom. The van der Waals surface area contributed by atoms with Crippen LogP contribution in [0.4, 0.5) is 8.78 Å². The zero-order valence-corrected chi connectivity index (χ0v) is 10.1. The van der Waals surface area contributed by atoms with Crippen molar-refractivity contribution in [1.82, 2.24) is 4.98 Å². The second-order valence-electron chi connectivity index (χ2n) is 3.73. The third kappa shape index (κ3) is 2.96. The van der Waals surface area contributed by atoms with Crippen LogP contribution in [0, 0.1) is 0 Å². The first-order valence-corrected chi connectivity index (χ1v) is 5.50. The van der Waals surface area contributed by atoms with Gasteiger partial charge in [0.15, 0.2) is 0 Å². The van der Waals surface area contributed by atoms with E-state index in [1.807, 2.05) is 0 Å². The van der Waals surface area contributed by atoms with E-state index in [1.165, 1.54) is 31.5 Å². The van der Waals surface area contributed by atoms with Crippen LogP contribution in [0.3, 0.4) is 0 Å². The van der Waals surface area contributed by atoms with Gasteiger partial charge >= 0.3 is 5.97 Å². The maximum atomic E-state index is 12.1. The molecule has 0 atom stereocenters. The molecule has 2 aromatic rings. The first-order valence-electron chi connectivity index (χ1n) is 5.50. The highest BCUT2D eigenvalue weighted by molar-refractivity contribution is 6.03. The molecule has 0 saturated carbocycles. The quantitative estimate of drug-likeness (QED) is 0.799. The summed E-state index contributed by atoms with van der Waals surface area (Å²) in [6.45, 7) is -0.695. The van der Waals surface area contributed by atoms with Crippen LogP contribution < -0.4 is 4.74 Å². The number of benzene rings is 1. The van der Waals surface area contributed by atoms with Gasteiger partial charge in [0.05, 0.1) is 18.2 Å². The van der Waals surface area contributed by atoms with Gasteiger partial charge in [0, 0.05) is 11.6 Å². The number of fused-ring (bicyclic) bond motifs is 1. The highest BCUT2D eigenvalue weighted by atomic mass is 19.3. The molecule has 0 aliphatic heterocycles. The van der Waals surface area contributed by atoms with Crippen molar-refractivity contribution in [1.29, 1.82) is 0 Å². The number of hydrogen-bond donors (Lipinski definition) is 0. The third-order valence-electron chi connectivity index (χ3n) is 2.49. The standard InChI is InChI=1S/C13H11F2NO3/c1-18-13(17)9-4-5-16-11-3-2-8(6-10(9)11)19-7-12(14)15/h2-6,12H,7H2,1H3. The first-order chi connectivity index (χ1) is 9.11. The van der Waals surface area contributed by atoms with Crippen LogP contribution in [-0.4, -0.2) is 31.1 Å². The number of carbonyl (C=O) groups excluding carboxylic acids is 1. The molecule has 0 aliphatic carbocycles. The van der Waals surface area contributed by atoms with Crippen molar-refractivity contribution in [3.63, 3.8) is 0 Å². The summed E-state index contributed by atoms with van der Waals surface area (Å²) in [5.74, 6) is -0.260. The maximum Gasteiger partial charge on any atom is 0.338 e. The van der Waals surface area contributed by atoms with Crippen molar-refractivity contribution < 1.29 is 23.0 Å². The predicted molar refractivity (Wildman–Crippen MR) is 64.6 cm³/mol. The van der Waals surface area contributed by atoms with Gasteiger partial charge in [-0.2, -0.15) is 0 Å². The lowest BCUT2D eigenvalue weighted by Crippen LogP contribution is -2.07. The molecular weight excluding hydrogens is 256 g/mol. The number of carbonyl (C=O) groups is 1. The number of esters is 1. The van der Waals surface area contributed by atoms with Crippen molar-refractivity contribution in [2.24, 2.45) is 0 Å². The number of hydrogen-bond acceptors (Lipinski definition) is 4. The van der Waals surface area contributed by atoms with Crippen molar-refractivity contribution in [3.8, 4) is 5.75 Å². The average Bonchev–Trinajstić information content (AvgIpc) is 2.43. The number of aromatic nitrogens is 1. The Morgan fingerprint density at radius 2 is 2.16 bits per heavy atom. The Morgan fingerprint density at radius 3 is 2.84 bits per heavy atom. The first kappa shape index (κ1) is 13.2. The number of ether oxygens (including phenoxy) is 2. The van der Waals surface area contributed by atoms with Crippen LogP contribution in [-0.2, 0) is 4.74 Å². The summed E-state index contributed by atoms with van der Waals surface area (Å²) in [6, 6.07) is 6.13. The van der Waals surface area contributed by atoms with Crippen LogP contribution in [0.1, 0.15) is 10.4 Å². The molecule has 2 rings (SSSR count). The van der Waals surface area contributed by atoms with Gasteiger partial charge in [-0.05, 0) is 24.3 Å². The molecule has 1 aromatic heterocycles. The van der Waals surface area contributed by atoms with Crippen LogP contribution >= 0.6 is 0 Å². The SMILES string of the molecule is COC(=O)c1ccnc2ccc(OCC(F)F)cc12. The molecule has 0 amide bonds. The van der Waals surface area contributed by atoms with Crippen molar-refractivity contribution in [2.75, 3.05) is 13.7 Å². The van der Waals surface area contributed by atoms with E-state index in [2.05, 4.69) is 9.72 Å². The van der Waals surface area contributed by atoms with Gasteiger partial charge in [0.25, 0.3) is 6.43 Å². The average molecular weight is 267 g/mol. The molecular formula is C13H11F2NO3. The summed E-state index contributed by atoms with van der Waals surface area (Å²) in [4.78, 5) is 15.7. The summed E-state index contributed by atoms with van der Waals surface area (Å²) >= 11 is 0. The Bertz CT molecular complexity index is 601.